The summed E-state index contributed by atoms with van der Waals surface area (Å²) in [4.78, 5) is 11.6. The molecule has 0 heterocycles. The van der Waals surface area contributed by atoms with Gasteiger partial charge in [0.05, 0.1) is 0 Å². The molecule has 2 heteroatoms. The molecule has 0 amide bonds. The number of carbonyl (C=O) groups excluding carboxylic acids is 1. The average molecular weight is 189 g/mol. The van der Waals surface area contributed by atoms with Gasteiger partial charge in [-0.05, 0) is 13.8 Å². The van der Waals surface area contributed by atoms with E-state index in [-0.39, 0.29) is 5.78 Å². The van der Waals surface area contributed by atoms with E-state index in [1.807, 2.05) is 38.1 Å². The van der Waals surface area contributed by atoms with Gasteiger partial charge in [-0.2, -0.15) is 0 Å². The van der Waals surface area contributed by atoms with Gasteiger partial charge in [-0.25, -0.2) is 0 Å². The van der Waals surface area contributed by atoms with E-state index in [1.165, 1.54) is 0 Å². The predicted molar refractivity (Wildman–Crippen MR) is 58.3 cm³/mol. The van der Waals surface area contributed by atoms with Crippen LogP contribution in [0.15, 0.2) is 36.0 Å². The average Bonchev–Trinajstić information content (AvgIpc) is 2.18. The minimum atomic E-state index is 0.0388. The van der Waals surface area contributed by atoms with Gasteiger partial charge in [0.25, 0.3) is 0 Å². The fourth-order valence-electron chi connectivity index (χ4n) is 1.07. The van der Waals surface area contributed by atoms with E-state index in [1.54, 1.807) is 13.1 Å². The number of hydrogen-bond donors (Lipinski definition) is 1. The molecule has 0 atom stereocenters. The fraction of sp³-hybridized carbons (Fsp3) is 0.250. The van der Waals surface area contributed by atoms with Crippen LogP contribution < -0.4 is 5.32 Å². The van der Waals surface area contributed by atoms with E-state index >= 15 is 0 Å². The third-order valence-corrected chi connectivity index (χ3v) is 2.08. The smallest absolute Gasteiger partial charge is 0.187 e. The Labute approximate surface area is 84.6 Å². The van der Waals surface area contributed by atoms with Crippen LogP contribution in [0.3, 0.4) is 0 Å². The second kappa shape index (κ2) is 4.61. The summed E-state index contributed by atoms with van der Waals surface area (Å²) in [5.74, 6) is 0.0388. The maximum Gasteiger partial charge on any atom is 0.187 e. The summed E-state index contributed by atoms with van der Waals surface area (Å²) in [5.41, 5.74) is 2.76. The van der Waals surface area contributed by atoms with Gasteiger partial charge < -0.3 is 5.32 Å². The maximum atomic E-state index is 11.6. The number of ketones is 1. The van der Waals surface area contributed by atoms with Gasteiger partial charge in [0.1, 0.15) is 0 Å². The van der Waals surface area contributed by atoms with Gasteiger partial charge in [-0.3, -0.25) is 4.79 Å². The van der Waals surface area contributed by atoms with Crippen LogP contribution in [0, 0.1) is 6.92 Å². The largest absolute Gasteiger partial charge is 0.392 e. The Morgan fingerprint density at radius 2 is 1.86 bits per heavy atom. The second-order valence-corrected chi connectivity index (χ2v) is 3.31. The summed E-state index contributed by atoms with van der Waals surface area (Å²) in [6.07, 6.45) is 1.60. The third kappa shape index (κ3) is 2.73. The van der Waals surface area contributed by atoms with Gasteiger partial charge in [0.15, 0.2) is 5.78 Å². The number of nitrogens with one attached hydrogen (secondary N) is 1. The third-order valence-electron chi connectivity index (χ3n) is 2.08. The van der Waals surface area contributed by atoms with Crippen molar-refractivity contribution in [1.82, 2.24) is 5.32 Å². The topological polar surface area (TPSA) is 29.1 Å². The van der Waals surface area contributed by atoms with Gasteiger partial charge in [0, 0.05) is 24.4 Å². The lowest BCUT2D eigenvalue weighted by molar-refractivity contribution is 0.104. The van der Waals surface area contributed by atoms with E-state index in [4.69, 9.17) is 0 Å². The van der Waals surface area contributed by atoms with Crippen molar-refractivity contribution in [1.29, 1.82) is 0 Å². The van der Waals surface area contributed by atoms with Crippen LogP contribution in [0.5, 0.6) is 0 Å². The molecular formula is C12H15NO. The number of rotatable bonds is 3. The molecule has 0 aliphatic rings. The van der Waals surface area contributed by atoms with Crippen molar-refractivity contribution in [2.24, 2.45) is 0 Å². The molecule has 0 fully saturated rings. The zero-order valence-corrected chi connectivity index (χ0v) is 8.79. The number of benzene rings is 1. The standard InChI is InChI=1S/C12H15NO/c1-9-4-6-11(7-5-9)12(14)8-10(2)13-3/h4-8,13H,1-3H3. The van der Waals surface area contributed by atoms with Gasteiger partial charge in [-0.15, -0.1) is 0 Å². The highest BCUT2D eigenvalue weighted by Crippen LogP contribution is 2.05. The molecule has 1 aromatic rings. The van der Waals surface area contributed by atoms with Crippen molar-refractivity contribution in [3.05, 3.63) is 47.2 Å². The summed E-state index contributed by atoms with van der Waals surface area (Å²) < 4.78 is 0. The van der Waals surface area contributed by atoms with Crippen molar-refractivity contribution in [2.75, 3.05) is 7.05 Å². The second-order valence-electron chi connectivity index (χ2n) is 3.31. The number of carbonyl (C=O) groups is 1. The first-order chi connectivity index (χ1) is 6.63. The van der Waals surface area contributed by atoms with E-state index < -0.39 is 0 Å². The molecule has 0 saturated carbocycles. The summed E-state index contributed by atoms with van der Waals surface area (Å²) in [6.45, 7) is 3.87. The summed E-state index contributed by atoms with van der Waals surface area (Å²) in [5, 5.41) is 2.92. The monoisotopic (exact) mass is 189 g/mol. The first kappa shape index (κ1) is 10.5. The number of aryl methyl sites for hydroxylation is 1. The molecule has 2 nitrogen and oxygen atoms in total. The molecule has 74 valence electrons. The molecule has 0 radical (unpaired) electrons. The molecule has 0 spiro atoms. The van der Waals surface area contributed by atoms with E-state index in [2.05, 4.69) is 5.32 Å². The van der Waals surface area contributed by atoms with Gasteiger partial charge in [0.2, 0.25) is 0 Å². The van der Waals surface area contributed by atoms with Gasteiger partial charge in [-0.1, -0.05) is 29.8 Å². The SMILES string of the molecule is CNC(C)=CC(=O)c1ccc(C)cc1. The zero-order valence-electron chi connectivity index (χ0n) is 8.79. The molecule has 0 aromatic heterocycles. The fourth-order valence-corrected chi connectivity index (χ4v) is 1.07. The van der Waals surface area contributed by atoms with Crippen LogP contribution in [-0.2, 0) is 0 Å². The molecule has 0 unspecified atom stereocenters. The lowest BCUT2D eigenvalue weighted by Crippen LogP contribution is -2.05. The number of allylic oxidation sites excluding steroid dienone is 2. The quantitative estimate of drug-likeness (QED) is 0.584. The van der Waals surface area contributed by atoms with Crippen molar-refractivity contribution in [3.8, 4) is 0 Å². The number of hydrogen-bond acceptors (Lipinski definition) is 2. The van der Waals surface area contributed by atoms with Crippen LogP contribution in [0.4, 0.5) is 0 Å². The molecule has 14 heavy (non-hydrogen) atoms. The molecule has 1 aromatic carbocycles. The Hall–Kier alpha value is -1.57. The van der Waals surface area contributed by atoms with E-state index in [9.17, 15) is 4.79 Å². The van der Waals surface area contributed by atoms with Crippen LogP contribution in [0.2, 0.25) is 0 Å². The molecule has 0 bridgehead atoms. The highest BCUT2D eigenvalue weighted by Gasteiger charge is 2.01. The van der Waals surface area contributed by atoms with Crippen LogP contribution in [-0.4, -0.2) is 12.8 Å². The normalized spacial score (nSPS) is 11.2. The van der Waals surface area contributed by atoms with Crippen molar-refractivity contribution < 1.29 is 4.79 Å². The Morgan fingerprint density at radius 1 is 1.29 bits per heavy atom. The Balaban J connectivity index is 2.85. The highest BCUT2D eigenvalue weighted by molar-refractivity contribution is 6.04. The summed E-state index contributed by atoms with van der Waals surface area (Å²) in [7, 11) is 1.80. The summed E-state index contributed by atoms with van der Waals surface area (Å²) >= 11 is 0. The molecule has 1 rings (SSSR count). The van der Waals surface area contributed by atoms with E-state index in [0.717, 1.165) is 16.8 Å². The first-order valence-corrected chi connectivity index (χ1v) is 4.60. The Morgan fingerprint density at radius 3 is 2.36 bits per heavy atom. The predicted octanol–water partition coefficient (Wildman–Crippen LogP) is 2.30. The first-order valence-electron chi connectivity index (χ1n) is 4.60. The Kier molecular flexibility index (Phi) is 3.46. The van der Waals surface area contributed by atoms with Crippen molar-refractivity contribution in [2.45, 2.75) is 13.8 Å². The molecule has 0 aliphatic carbocycles. The van der Waals surface area contributed by atoms with Crippen molar-refractivity contribution >= 4 is 5.78 Å². The molecule has 0 aliphatic heterocycles. The Bertz CT molecular complexity index is 349. The summed E-state index contributed by atoms with van der Waals surface area (Å²) in [6, 6.07) is 7.57. The molecule has 1 N–H and O–H groups in total. The minimum Gasteiger partial charge on any atom is -0.392 e. The zero-order chi connectivity index (χ0) is 10.6. The van der Waals surface area contributed by atoms with Gasteiger partial charge >= 0.3 is 0 Å². The molecular weight excluding hydrogens is 174 g/mol. The lowest BCUT2D eigenvalue weighted by atomic mass is 10.1. The van der Waals surface area contributed by atoms with E-state index in [0.29, 0.717) is 0 Å². The van der Waals surface area contributed by atoms with Crippen molar-refractivity contribution in [3.63, 3.8) is 0 Å². The maximum absolute atomic E-state index is 11.6. The lowest BCUT2D eigenvalue weighted by Gasteiger charge is -1.99. The minimum absolute atomic E-state index is 0.0388. The van der Waals surface area contributed by atoms with Crippen LogP contribution in [0.1, 0.15) is 22.8 Å². The van der Waals surface area contributed by atoms with Crippen LogP contribution >= 0.6 is 0 Å². The highest BCUT2D eigenvalue weighted by atomic mass is 16.1. The van der Waals surface area contributed by atoms with Crippen LogP contribution in [0.25, 0.3) is 0 Å². The molecule has 0 saturated heterocycles.